The molecule has 0 spiro atoms. The van der Waals surface area contributed by atoms with E-state index in [9.17, 15) is 9.59 Å². The standard InChI is InChI=1S/C23H20N4O2S2/c1-15-5-4-6-17(11-15)25-21(28)13-30-14-22(29)27-20-10-9-16(12-24-20)23-26-18-7-2-3-8-19(18)31-23/h2-12H,13-14H2,1H3,(H,25,28)(H,24,27,29). The molecule has 0 radical (unpaired) electrons. The highest BCUT2D eigenvalue weighted by Crippen LogP contribution is 2.29. The van der Waals surface area contributed by atoms with Crippen molar-refractivity contribution in [2.75, 3.05) is 22.1 Å². The van der Waals surface area contributed by atoms with E-state index in [1.807, 2.05) is 61.5 Å². The van der Waals surface area contributed by atoms with Gasteiger partial charge in [-0.15, -0.1) is 23.1 Å². The fourth-order valence-electron chi connectivity index (χ4n) is 2.93. The highest BCUT2D eigenvalue weighted by molar-refractivity contribution is 8.00. The van der Waals surface area contributed by atoms with Crippen LogP contribution in [0.2, 0.25) is 0 Å². The highest BCUT2D eigenvalue weighted by atomic mass is 32.2. The van der Waals surface area contributed by atoms with Crippen molar-refractivity contribution in [3.63, 3.8) is 0 Å². The molecule has 0 bridgehead atoms. The summed E-state index contributed by atoms with van der Waals surface area (Å²) in [6, 6.07) is 19.2. The second kappa shape index (κ2) is 9.72. The van der Waals surface area contributed by atoms with Crippen molar-refractivity contribution in [1.29, 1.82) is 0 Å². The lowest BCUT2D eigenvalue weighted by atomic mass is 10.2. The van der Waals surface area contributed by atoms with E-state index in [-0.39, 0.29) is 23.3 Å². The summed E-state index contributed by atoms with van der Waals surface area (Å²) in [5.41, 5.74) is 3.70. The number of fused-ring (bicyclic) bond motifs is 1. The average molecular weight is 449 g/mol. The molecule has 2 aromatic heterocycles. The van der Waals surface area contributed by atoms with Crippen molar-refractivity contribution < 1.29 is 9.59 Å². The van der Waals surface area contributed by atoms with Gasteiger partial charge in [-0.3, -0.25) is 9.59 Å². The van der Waals surface area contributed by atoms with E-state index >= 15 is 0 Å². The Kier molecular flexibility index (Phi) is 6.59. The SMILES string of the molecule is Cc1cccc(NC(=O)CSCC(=O)Nc2ccc(-c3nc4ccccc4s3)cn2)c1. The average Bonchev–Trinajstić information content (AvgIpc) is 3.18. The number of pyridine rings is 1. The van der Waals surface area contributed by atoms with Crippen LogP contribution in [0.4, 0.5) is 11.5 Å². The number of para-hydroxylation sites is 1. The minimum absolute atomic E-state index is 0.137. The smallest absolute Gasteiger partial charge is 0.235 e. The Bertz CT molecular complexity index is 1190. The lowest BCUT2D eigenvalue weighted by molar-refractivity contribution is -0.114. The van der Waals surface area contributed by atoms with Crippen LogP contribution in [0.25, 0.3) is 20.8 Å². The topological polar surface area (TPSA) is 84.0 Å². The van der Waals surface area contributed by atoms with Gasteiger partial charge in [0.2, 0.25) is 11.8 Å². The van der Waals surface area contributed by atoms with E-state index in [0.717, 1.165) is 32.0 Å². The number of nitrogens with one attached hydrogen (secondary N) is 2. The Morgan fingerprint density at radius 1 is 0.968 bits per heavy atom. The van der Waals surface area contributed by atoms with Crippen LogP contribution in [0.15, 0.2) is 66.9 Å². The molecule has 8 heteroatoms. The van der Waals surface area contributed by atoms with Gasteiger partial charge in [0, 0.05) is 17.4 Å². The van der Waals surface area contributed by atoms with E-state index in [2.05, 4.69) is 20.6 Å². The molecule has 2 heterocycles. The van der Waals surface area contributed by atoms with Crippen LogP contribution in [0.3, 0.4) is 0 Å². The zero-order valence-corrected chi connectivity index (χ0v) is 18.4. The van der Waals surface area contributed by atoms with Crippen LogP contribution in [-0.4, -0.2) is 33.3 Å². The third-order valence-electron chi connectivity index (χ3n) is 4.34. The summed E-state index contributed by atoms with van der Waals surface area (Å²) in [5, 5.41) is 6.48. The van der Waals surface area contributed by atoms with Crippen molar-refractivity contribution in [1.82, 2.24) is 9.97 Å². The number of amides is 2. The molecular weight excluding hydrogens is 428 g/mol. The lowest BCUT2D eigenvalue weighted by Gasteiger charge is -2.07. The van der Waals surface area contributed by atoms with Crippen molar-refractivity contribution in [3.8, 4) is 10.6 Å². The minimum Gasteiger partial charge on any atom is -0.325 e. The highest BCUT2D eigenvalue weighted by Gasteiger charge is 2.09. The number of nitrogens with zero attached hydrogens (tertiary/aromatic N) is 2. The number of hydrogen-bond acceptors (Lipinski definition) is 6. The van der Waals surface area contributed by atoms with Gasteiger partial charge >= 0.3 is 0 Å². The third kappa shape index (κ3) is 5.68. The third-order valence-corrected chi connectivity index (χ3v) is 6.36. The number of carbonyl (C=O) groups excluding carboxylic acids is 2. The molecule has 156 valence electrons. The monoisotopic (exact) mass is 448 g/mol. The van der Waals surface area contributed by atoms with Gasteiger partial charge in [0.1, 0.15) is 10.8 Å². The van der Waals surface area contributed by atoms with Crippen LogP contribution in [0, 0.1) is 6.92 Å². The molecule has 0 atom stereocenters. The second-order valence-corrected chi connectivity index (χ2v) is 8.89. The van der Waals surface area contributed by atoms with E-state index in [1.54, 1.807) is 23.6 Å². The maximum atomic E-state index is 12.2. The summed E-state index contributed by atoms with van der Waals surface area (Å²) < 4.78 is 1.12. The van der Waals surface area contributed by atoms with Crippen molar-refractivity contribution in [2.24, 2.45) is 0 Å². The Labute approximate surface area is 188 Å². The molecular formula is C23H20N4O2S2. The quantitative estimate of drug-likeness (QED) is 0.417. The molecule has 4 aromatic rings. The Hall–Kier alpha value is -3.23. The van der Waals surface area contributed by atoms with Crippen LogP contribution >= 0.6 is 23.1 Å². The van der Waals surface area contributed by atoms with E-state index < -0.39 is 0 Å². The van der Waals surface area contributed by atoms with Gasteiger partial charge < -0.3 is 10.6 Å². The largest absolute Gasteiger partial charge is 0.325 e. The number of hydrogen-bond donors (Lipinski definition) is 2. The van der Waals surface area contributed by atoms with Gasteiger partial charge in [0.05, 0.1) is 21.7 Å². The predicted octanol–water partition coefficient (Wildman–Crippen LogP) is 4.98. The first-order valence-corrected chi connectivity index (χ1v) is 11.6. The fourth-order valence-corrected chi connectivity index (χ4v) is 4.50. The fraction of sp³-hybridized carbons (Fsp3) is 0.130. The predicted molar refractivity (Wildman–Crippen MR) is 129 cm³/mol. The first-order chi connectivity index (χ1) is 15.1. The molecule has 0 saturated carbocycles. The second-order valence-electron chi connectivity index (χ2n) is 6.88. The minimum atomic E-state index is -0.200. The molecule has 2 N–H and O–H groups in total. The van der Waals surface area contributed by atoms with Crippen LogP contribution < -0.4 is 10.6 Å². The molecule has 0 aliphatic heterocycles. The van der Waals surface area contributed by atoms with Crippen LogP contribution in [0.5, 0.6) is 0 Å². The van der Waals surface area contributed by atoms with Crippen LogP contribution in [0.1, 0.15) is 5.56 Å². The van der Waals surface area contributed by atoms with E-state index in [4.69, 9.17) is 0 Å². The maximum absolute atomic E-state index is 12.2. The zero-order valence-electron chi connectivity index (χ0n) is 16.8. The zero-order chi connectivity index (χ0) is 21.6. The van der Waals surface area contributed by atoms with Gasteiger partial charge in [-0.2, -0.15) is 0 Å². The number of aromatic nitrogens is 2. The molecule has 4 rings (SSSR count). The van der Waals surface area contributed by atoms with Crippen LogP contribution in [-0.2, 0) is 9.59 Å². The molecule has 31 heavy (non-hydrogen) atoms. The molecule has 0 saturated heterocycles. The summed E-state index contributed by atoms with van der Waals surface area (Å²) in [6.45, 7) is 1.97. The molecule has 0 unspecified atom stereocenters. The number of aryl methyl sites for hydroxylation is 1. The summed E-state index contributed by atoms with van der Waals surface area (Å²) >= 11 is 2.86. The molecule has 2 aromatic carbocycles. The van der Waals surface area contributed by atoms with E-state index in [1.165, 1.54) is 11.8 Å². The molecule has 0 aliphatic rings. The number of rotatable bonds is 7. The van der Waals surface area contributed by atoms with Crippen molar-refractivity contribution in [3.05, 3.63) is 72.4 Å². The van der Waals surface area contributed by atoms with Crippen molar-refractivity contribution in [2.45, 2.75) is 6.92 Å². The number of anilines is 2. The summed E-state index contributed by atoms with van der Waals surface area (Å²) in [4.78, 5) is 33.1. The number of thiazole rings is 1. The molecule has 2 amide bonds. The van der Waals surface area contributed by atoms with Gasteiger partial charge in [0.15, 0.2) is 0 Å². The summed E-state index contributed by atoms with van der Waals surface area (Å²) in [6.07, 6.45) is 1.70. The number of benzene rings is 2. The van der Waals surface area contributed by atoms with Gasteiger partial charge in [-0.1, -0.05) is 24.3 Å². The normalized spacial score (nSPS) is 10.7. The summed E-state index contributed by atoms with van der Waals surface area (Å²) in [7, 11) is 0. The van der Waals surface area contributed by atoms with Gasteiger partial charge in [0.25, 0.3) is 0 Å². The molecule has 0 aliphatic carbocycles. The molecule has 6 nitrogen and oxygen atoms in total. The first kappa shape index (κ1) is 21.0. The Balaban J connectivity index is 1.25. The van der Waals surface area contributed by atoms with Crippen molar-refractivity contribution >= 4 is 56.6 Å². The first-order valence-electron chi connectivity index (χ1n) is 9.63. The van der Waals surface area contributed by atoms with E-state index in [0.29, 0.717) is 5.82 Å². The Morgan fingerprint density at radius 2 is 1.77 bits per heavy atom. The number of carbonyl (C=O) groups is 2. The lowest BCUT2D eigenvalue weighted by Crippen LogP contribution is -2.18. The van der Waals surface area contributed by atoms with Gasteiger partial charge in [-0.05, 0) is 48.9 Å². The molecule has 0 fully saturated rings. The van der Waals surface area contributed by atoms with Gasteiger partial charge in [-0.25, -0.2) is 9.97 Å². The summed E-state index contributed by atoms with van der Waals surface area (Å²) in [5.74, 6) is 0.503. The maximum Gasteiger partial charge on any atom is 0.235 e. The Morgan fingerprint density at radius 3 is 2.52 bits per heavy atom. The number of thioether (sulfide) groups is 1.